The molecule has 0 aliphatic heterocycles. The number of amides is 1. The first-order valence-electron chi connectivity index (χ1n) is 5.95. The molecule has 5 nitrogen and oxygen atoms in total. The number of hydrogen-bond donors (Lipinski definition) is 1. The van der Waals surface area contributed by atoms with Gasteiger partial charge >= 0.3 is 0 Å². The lowest BCUT2D eigenvalue weighted by Gasteiger charge is -2.13. The number of nitrogens with one attached hydrogen (secondary N) is 1. The van der Waals surface area contributed by atoms with Crippen LogP contribution in [-0.4, -0.2) is 25.9 Å². The van der Waals surface area contributed by atoms with Crippen molar-refractivity contribution >= 4 is 11.7 Å². The van der Waals surface area contributed by atoms with Gasteiger partial charge in [0.25, 0.3) is 0 Å². The van der Waals surface area contributed by atoms with Gasteiger partial charge in [-0.1, -0.05) is 0 Å². The summed E-state index contributed by atoms with van der Waals surface area (Å²) in [5, 5.41) is 2.70. The highest BCUT2D eigenvalue weighted by atomic mass is 16.5. The summed E-state index contributed by atoms with van der Waals surface area (Å²) in [7, 11) is 3.14. The highest BCUT2D eigenvalue weighted by Gasteiger charge is 2.10. The van der Waals surface area contributed by atoms with Crippen LogP contribution in [0.1, 0.15) is 24.5 Å². The molecule has 1 aromatic carbocycles. The van der Waals surface area contributed by atoms with Gasteiger partial charge in [-0.15, -0.1) is 0 Å². The maximum Gasteiger partial charge on any atom is 0.227 e. The molecule has 0 saturated carbocycles. The minimum absolute atomic E-state index is 0.0909. The Kier molecular flexibility index (Phi) is 5.36. The van der Waals surface area contributed by atoms with Crippen LogP contribution in [0.25, 0.3) is 0 Å². The molecule has 5 heteroatoms. The summed E-state index contributed by atoms with van der Waals surface area (Å²) in [4.78, 5) is 22.2. The van der Waals surface area contributed by atoms with Crippen molar-refractivity contribution < 1.29 is 19.1 Å². The van der Waals surface area contributed by atoms with Crippen molar-refractivity contribution in [3.05, 3.63) is 23.3 Å². The van der Waals surface area contributed by atoms with Gasteiger partial charge in [0.1, 0.15) is 5.78 Å². The minimum atomic E-state index is -0.276. The van der Waals surface area contributed by atoms with Crippen molar-refractivity contribution in [1.82, 2.24) is 5.32 Å². The van der Waals surface area contributed by atoms with E-state index in [0.29, 0.717) is 18.0 Å². The van der Waals surface area contributed by atoms with Gasteiger partial charge in [0.2, 0.25) is 5.91 Å². The molecule has 0 radical (unpaired) electrons. The van der Waals surface area contributed by atoms with E-state index in [1.165, 1.54) is 6.92 Å². The second-order valence-electron chi connectivity index (χ2n) is 4.29. The van der Waals surface area contributed by atoms with Gasteiger partial charge in [-0.2, -0.15) is 0 Å². The fraction of sp³-hybridized carbons (Fsp3) is 0.429. The summed E-state index contributed by atoms with van der Waals surface area (Å²) in [6.07, 6.45) is -0.0909. The molecule has 1 aromatic rings. The number of carbonyl (C=O) groups excluding carboxylic acids is 2. The van der Waals surface area contributed by atoms with E-state index in [-0.39, 0.29) is 18.1 Å². The standard InChI is InChI=1S/C14H19NO4/c1-9-5-12(18-3)13(19-4)7-11(9)8-15-14(17)6-10(2)16/h5,7H,6,8H2,1-4H3,(H,15,17). The molecule has 0 spiro atoms. The van der Waals surface area contributed by atoms with Crippen molar-refractivity contribution in [3.8, 4) is 11.5 Å². The lowest BCUT2D eigenvalue weighted by atomic mass is 10.1. The van der Waals surface area contributed by atoms with Crippen LogP contribution in [0.15, 0.2) is 12.1 Å². The van der Waals surface area contributed by atoms with Gasteiger partial charge in [0, 0.05) is 6.54 Å². The Balaban J connectivity index is 2.78. The first-order chi connectivity index (χ1) is 8.97. The van der Waals surface area contributed by atoms with Gasteiger partial charge in [0.05, 0.1) is 20.6 Å². The van der Waals surface area contributed by atoms with Crippen LogP contribution >= 0.6 is 0 Å². The number of carbonyl (C=O) groups is 2. The zero-order chi connectivity index (χ0) is 14.4. The Morgan fingerprint density at radius 3 is 2.26 bits per heavy atom. The number of ketones is 1. The molecule has 0 heterocycles. The van der Waals surface area contributed by atoms with Gasteiger partial charge < -0.3 is 14.8 Å². The van der Waals surface area contributed by atoms with Crippen LogP contribution < -0.4 is 14.8 Å². The highest BCUT2D eigenvalue weighted by molar-refractivity contribution is 5.96. The van der Waals surface area contributed by atoms with E-state index in [9.17, 15) is 9.59 Å². The summed E-state index contributed by atoms with van der Waals surface area (Å²) >= 11 is 0. The van der Waals surface area contributed by atoms with Crippen LogP contribution in [0.3, 0.4) is 0 Å². The predicted octanol–water partition coefficient (Wildman–Crippen LogP) is 1.61. The normalized spacial score (nSPS) is 9.89. The van der Waals surface area contributed by atoms with E-state index in [4.69, 9.17) is 9.47 Å². The summed E-state index contributed by atoms with van der Waals surface area (Å²) in [5.41, 5.74) is 1.91. The topological polar surface area (TPSA) is 64.6 Å². The number of methoxy groups -OCH3 is 2. The molecule has 1 rings (SSSR count). The summed E-state index contributed by atoms with van der Waals surface area (Å²) < 4.78 is 10.4. The SMILES string of the molecule is COc1cc(C)c(CNC(=O)CC(C)=O)cc1OC. The fourth-order valence-electron chi connectivity index (χ4n) is 1.70. The lowest BCUT2D eigenvalue weighted by molar-refractivity contribution is -0.127. The molecule has 0 aliphatic rings. The zero-order valence-corrected chi connectivity index (χ0v) is 11.7. The molecular formula is C14H19NO4. The Hall–Kier alpha value is -2.04. The number of rotatable bonds is 6. The molecule has 0 unspecified atom stereocenters. The largest absolute Gasteiger partial charge is 0.493 e. The quantitative estimate of drug-likeness (QED) is 0.794. The Morgan fingerprint density at radius 1 is 1.16 bits per heavy atom. The van der Waals surface area contributed by atoms with Gasteiger partial charge in [0.15, 0.2) is 11.5 Å². The average Bonchev–Trinajstić information content (AvgIpc) is 2.36. The Bertz CT molecular complexity index is 483. The van der Waals surface area contributed by atoms with Gasteiger partial charge in [-0.25, -0.2) is 0 Å². The molecule has 0 aliphatic carbocycles. The number of ether oxygens (including phenoxy) is 2. The Labute approximate surface area is 112 Å². The summed E-state index contributed by atoms with van der Waals surface area (Å²) in [5.74, 6) is 0.839. The molecule has 0 atom stereocenters. The molecule has 104 valence electrons. The van der Waals surface area contributed by atoms with Crippen LogP contribution in [0, 0.1) is 6.92 Å². The van der Waals surface area contributed by atoms with Crippen LogP contribution in [0.4, 0.5) is 0 Å². The third-order valence-corrected chi connectivity index (χ3v) is 2.73. The monoisotopic (exact) mass is 265 g/mol. The molecule has 0 bridgehead atoms. The van der Waals surface area contributed by atoms with Crippen molar-refractivity contribution in [2.75, 3.05) is 14.2 Å². The van der Waals surface area contributed by atoms with Gasteiger partial charge in [-0.3, -0.25) is 9.59 Å². The van der Waals surface area contributed by atoms with Crippen molar-refractivity contribution in [2.45, 2.75) is 26.8 Å². The third kappa shape index (κ3) is 4.28. The molecule has 0 fully saturated rings. The molecule has 0 saturated heterocycles. The maximum absolute atomic E-state index is 11.4. The first kappa shape index (κ1) is 15.0. The number of hydrogen-bond acceptors (Lipinski definition) is 4. The molecule has 1 amide bonds. The lowest BCUT2D eigenvalue weighted by Crippen LogP contribution is -2.24. The summed E-state index contributed by atoms with van der Waals surface area (Å²) in [6, 6.07) is 3.67. The predicted molar refractivity (Wildman–Crippen MR) is 71.4 cm³/mol. The first-order valence-corrected chi connectivity index (χ1v) is 5.95. The van der Waals surface area contributed by atoms with E-state index >= 15 is 0 Å². The van der Waals surface area contributed by atoms with Crippen LogP contribution in [0.2, 0.25) is 0 Å². The van der Waals surface area contributed by atoms with Crippen molar-refractivity contribution in [2.24, 2.45) is 0 Å². The second-order valence-corrected chi connectivity index (χ2v) is 4.29. The average molecular weight is 265 g/mol. The fourth-order valence-corrected chi connectivity index (χ4v) is 1.70. The highest BCUT2D eigenvalue weighted by Crippen LogP contribution is 2.30. The number of benzene rings is 1. The molecule has 19 heavy (non-hydrogen) atoms. The van der Waals surface area contributed by atoms with Gasteiger partial charge in [-0.05, 0) is 37.1 Å². The van der Waals surface area contributed by atoms with Crippen LogP contribution in [-0.2, 0) is 16.1 Å². The zero-order valence-electron chi connectivity index (χ0n) is 11.7. The third-order valence-electron chi connectivity index (χ3n) is 2.73. The number of aryl methyl sites for hydroxylation is 1. The van der Waals surface area contributed by atoms with Crippen molar-refractivity contribution in [3.63, 3.8) is 0 Å². The second kappa shape index (κ2) is 6.78. The Morgan fingerprint density at radius 2 is 1.74 bits per heavy atom. The molecule has 1 N–H and O–H groups in total. The van der Waals surface area contributed by atoms with Crippen LogP contribution in [0.5, 0.6) is 11.5 Å². The molecular weight excluding hydrogens is 246 g/mol. The summed E-state index contributed by atoms with van der Waals surface area (Å²) in [6.45, 7) is 3.67. The van der Waals surface area contributed by atoms with E-state index in [1.807, 2.05) is 19.1 Å². The van der Waals surface area contributed by atoms with E-state index in [2.05, 4.69) is 5.32 Å². The maximum atomic E-state index is 11.4. The van der Waals surface area contributed by atoms with E-state index in [1.54, 1.807) is 14.2 Å². The van der Waals surface area contributed by atoms with E-state index < -0.39 is 0 Å². The molecule has 0 aromatic heterocycles. The van der Waals surface area contributed by atoms with Crippen molar-refractivity contribution in [1.29, 1.82) is 0 Å². The smallest absolute Gasteiger partial charge is 0.227 e. The number of Topliss-reactive ketones (excluding diaryl/α,β-unsaturated/α-hetero) is 1. The van der Waals surface area contributed by atoms with E-state index in [0.717, 1.165) is 11.1 Å². The minimum Gasteiger partial charge on any atom is -0.493 e.